The highest BCUT2D eigenvalue weighted by Crippen LogP contribution is 2.31. The average molecular weight is 263 g/mol. The number of carbonyl (C=O) groups excluding carboxylic acids is 1. The molecule has 0 fully saturated rings. The van der Waals surface area contributed by atoms with Crippen LogP contribution in [0.4, 0.5) is 0 Å². The van der Waals surface area contributed by atoms with Gasteiger partial charge in [0.05, 0.1) is 24.7 Å². The molecule has 2 rings (SSSR count). The summed E-state index contributed by atoms with van der Waals surface area (Å²) in [4.78, 5) is 11.9. The summed E-state index contributed by atoms with van der Waals surface area (Å²) >= 11 is 0. The van der Waals surface area contributed by atoms with Gasteiger partial charge in [-0.1, -0.05) is 38.1 Å². The molecule has 4 nitrogen and oxygen atoms in total. The number of amides is 1. The fraction of sp³-hybridized carbons (Fsp3) is 0.533. The number of benzene rings is 1. The molecule has 1 aliphatic rings. The lowest BCUT2D eigenvalue weighted by Crippen LogP contribution is -2.36. The lowest BCUT2D eigenvalue weighted by atomic mass is 10.0. The quantitative estimate of drug-likeness (QED) is 0.763. The number of hydrogen-bond donors (Lipinski definition) is 3. The van der Waals surface area contributed by atoms with Gasteiger partial charge in [-0.15, -0.1) is 0 Å². The standard InChI is InChI=1S/C15H21NO3/c1-9(2)12(17)8-14(19)16-15-11-6-4-3-5-10(11)7-13(15)18/h3-6,9,12-13,15,17-18H,7-8H2,1-2H3,(H,16,19)/t12?,13-,15+/m0/s1. The van der Waals surface area contributed by atoms with Crippen molar-refractivity contribution in [1.29, 1.82) is 0 Å². The Labute approximate surface area is 113 Å². The SMILES string of the molecule is CC(C)C(O)CC(=O)N[C@@H]1c2ccccc2C[C@@H]1O. The van der Waals surface area contributed by atoms with Crippen LogP contribution in [0.15, 0.2) is 24.3 Å². The fourth-order valence-corrected chi connectivity index (χ4v) is 2.41. The second-order valence-corrected chi connectivity index (χ2v) is 5.53. The van der Waals surface area contributed by atoms with Crippen molar-refractivity contribution in [3.05, 3.63) is 35.4 Å². The molecule has 0 bridgehead atoms. The van der Waals surface area contributed by atoms with E-state index in [1.807, 2.05) is 38.1 Å². The molecular weight excluding hydrogens is 242 g/mol. The molecule has 0 saturated carbocycles. The van der Waals surface area contributed by atoms with Crippen molar-refractivity contribution in [2.75, 3.05) is 0 Å². The van der Waals surface area contributed by atoms with Crippen LogP contribution in [0.5, 0.6) is 0 Å². The molecule has 4 heteroatoms. The first kappa shape index (κ1) is 14.0. The van der Waals surface area contributed by atoms with Crippen molar-refractivity contribution in [3.63, 3.8) is 0 Å². The highest BCUT2D eigenvalue weighted by atomic mass is 16.3. The number of aliphatic hydroxyl groups is 2. The maximum absolute atomic E-state index is 11.9. The Bertz CT molecular complexity index is 458. The molecule has 1 unspecified atom stereocenters. The Kier molecular flexibility index (Phi) is 4.22. The minimum absolute atomic E-state index is 0.0477. The Morgan fingerprint density at radius 3 is 2.79 bits per heavy atom. The van der Waals surface area contributed by atoms with E-state index in [4.69, 9.17) is 0 Å². The van der Waals surface area contributed by atoms with Crippen molar-refractivity contribution < 1.29 is 15.0 Å². The summed E-state index contributed by atoms with van der Waals surface area (Å²) in [6.45, 7) is 3.75. The molecule has 19 heavy (non-hydrogen) atoms. The summed E-state index contributed by atoms with van der Waals surface area (Å²) in [7, 11) is 0. The summed E-state index contributed by atoms with van der Waals surface area (Å²) in [5.74, 6) is -0.173. The lowest BCUT2D eigenvalue weighted by molar-refractivity contribution is -0.125. The van der Waals surface area contributed by atoms with E-state index < -0.39 is 12.2 Å². The van der Waals surface area contributed by atoms with Crippen molar-refractivity contribution in [1.82, 2.24) is 5.32 Å². The summed E-state index contributed by atoms with van der Waals surface area (Å²) in [6.07, 6.45) is -0.594. The van der Waals surface area contributed by atoms with Crippen LogP contribution in [0.25, 0.3) is 0 Å². The minimum atomic E-state index is -0.645. The van der Waals surface area contributed by atoms with Gasteiger partial charge in [0.25, 0.3) is 0 Å². The molecule has 1 amide bonds. The van der Waals surface area contributed by atoms with Crippen LogP contribution >= 0.6 is 0 Å². The second kappa shape index (κ2) is 5.72. The van der Waals surface area contributed by atoms with Crippen LogP contribution in [0, 0.1) is 5.92 Å². The van der Waals surface area contributed by atoms with E-state index in [-0.39, 0.29) is 24.3 Å². The zero-order valence-electron chi connectivity index (χ0n) is 11.3. The first-order chi connectivity index (χ1) is 8.99. The zero-order valence-corrected chi connectivity index (χ0v) is 11.3. The Morgan fingerprint density at radius 1 is 1.42 bits per heavy atom. The van der Waals surface area contributed by atoms with Crippen LogP contribution in [0.3, 0.4) is 0 Å². The molecule has 0 aromatic heterocycles. The monoisotopic (exact) mass is 263 g/mol. The Hall–Kier alpha value is -1.39. The molecule has 104 valence electrons. The van der Waals surface area contributed by atoms with E-state index in [1.54, 1.807) is 0 Å². The molecule has 0 aliphatic heterocycles. The molecular formula is C15H21NO3. The summed E-state index contributed by atoms with van der Waals surface area (Å²) in [5, 5.41) is 22.6. The predicted octanol–water partition coefficient (Wildman–Crippen LogP) is 1.17. The molecule has 0 radical (unpaired) electrons. The summed E-state index contributed by atoms with van der Waals surface area (Å²) in [6, 6.07) is 7.36. The van der Waals surface area contributed by atoms with E-state index in [0.29, 0.717) is 6.42 Å². The van der Waals surface area contributed by atoms with Crippen LogP contribution < -0.4 is 5.32 Å². The molecule has 1 aliphatic carbocycles. The predicted molar refractivity (Wildman–Crippen MR) is 72.5 cm³/mol. The van der Waals surface area contributed by atoms with Crippen LogP contribution in [0.1, 0.15) is 37.4 Å². The molecule has 1 aromatic rings. The van der Waals surface area contributed by atoms with Gasteiger partial charge < -0.3 is 15.5 Å². The highest BCUT2D eigenvalue weighted by molar-refractivity contribution is 5.77. The highest BCUT2D eigenvalue weighted by Gasteiger charge is 2.32. The van der Waals surface area contributed by atoms with Crippen LogP contribution in [0.2, 0.25) is 0 Å². The van der Waals surface area contributed by atoms with Crippen LogP contribution in [-0.4, -0.2) is 28.3 Å². The molecule has 0 saturated heterocycles. The van der Waals surface area contributed by atoms with E-state index in [2.05, 4.69) is 5.32 Å². The second-order valence-electron chi connectivity index (χ2n) is 5.53. The molecule has 0 spiro atoms. The minimum Gasteiger partial charge on any atom is -0.392 e. The number of carbonyl (C=O) groups is 1. The van der Waals surface area contributed by atoms with Gasteiger partial charge in [0.15, 0.2) is 0 Å². The maximum atomic E-state index is 11.9. The summed E-state index contributed by atoms with van der Waals surface area (Å²) in [5.41, 5.74) is 2.05. The largest absolute Gasteiger partial charge is 0.392 e. The first-order valence-electron chi connectivity index (χ1n) is 6.72. The number of hydrogen-bond acceptors (Lipinski definition) is 3. The van der Waals surface area contributed by atoms with Crippen molar-refractivity contribution in [2.24, 2.45) is 5.92 Å². The van der Waals surface area contributed by atoms with Gasteiger partial charge in [0.2, 0.25) is 5.91 Å². The van der Waals surface area contributed by atoms with E-state index in [0.717, 1.165) is 11.1 Å². The van der Waals surface area contributed by atoms with Gasteiger partial charge in [0.1, 0.15) is 0 Å². The maximum Gasteiger partial charge on any atom is 0.223 e. The normalized spacial score (nSPS) is 23.2. The molecule has 3 N–H and O–H groups in total. The summed E-state index contributed by atoms with van der Waals surface area (Å²) < 4.78 is 0. The smallest absolute Gasteiger partial charge is 0.223 e. The van der Waals surface area contributed by atoms with Gasteiger partial charge in [0, 0.05) is 6.42 Å². The van der Waals surface area contributed by atoms with Crippen LogP contribution in [-0.2, 0) is 11.2 Å². The van der Waals surface area contributed by atoms with E-state index in [1.165, 1.54) is 0 Å². The Morgan fingerprint density at radius 2 is 2.11 bits per heavy atom. The van der Waals surface area contributed by atoms with Gasteiger partial charge in [-0.3, -0.25) is 4.79 Å². The number of rotatable bonds is 4. The van der Waals surface area contributed by atoms with Crippen molar-refractivity contribution in [3.8, 4) is 0 Å². The van der Waals surface area contributed by atoms with Gasteiger partial charge in [-0.25, -0.2) is 0 Å². The Balaban J connectivity index is 2.01. The third-order valence-corrected chi connectivity index (χ3v) is 3.68. The number of aliphatic hydroxyl groups excluding tert-OH is 2. The first-order valence-corrected chi connectivity index (χ1v) is 6.72. The van der Waals surface area contributed by atoms with Gasteiger partial charge in [-0.2, -0.15) is 0 Å². The topological polar surface area (TPSA) is 69.6 Å². The fourth-order valence-electron chi connectivity index (χ4n) is 2.41. The van der Waals surface area contributed by atoms with Crippen molar-refractivity contribution in [2.45, 2.75) is 44.9 Å². The zero-order chi connectivity index (χ0) is 14.0. The van der Waals surface area contributed by atoms with E-state index >= 15 is 0 Å². The third kappa shape index (κ3) is 3.14. The average Bonchev–Trinajstić information content (AvgIpc) is 2.66. The number of nitrogens with one attached hydrogen (secondary N) is 1. The molecule has 1 aromatic carbocycles. The number of fused-ring (bicyclic) bond motifs is 1. The van der Waals surface area contributed by atoms with E-state index in [9.17, 15) is 15.0 Å². The van der Waals surface area contributed by atoms with Gasteiger partial charge in [-0.05, 0) is 17.0 Å². The molecule has 0 heterocycles. The molecule has 3 atom stereocenters. The third-order valence-electron chi connectivity index (χ3n) is 3.68. The van der Waals surface area contributed by atoms with Crippen molar-refractivity contribution >= 4 is 5.91 Å². The van der Waals surface area contributed by atoms with Gasteiger partial charge >= 0.3 is 0 Å². The lowest BCUT2D eigenvalue weighted by Gasteiger charge is -2.20.